The smallest absolute Gasteiger partial charge is 0.318 e. The maximum Gasteiger partial charge on any atom is 0.318 e. The zero-order valence-electron chi connectivity index (χ0n) is 16.7. The lowest BCUT2D eigenvalue weighted by atomic mass is 9.85. The van der Waals surface area contributed by atoms with Crippen LogP contribution in [0.25, 0.3) is 0 Å². The Labute approximate surface area is 165 Å². The Morgan fingerprint density at radius 1 is 1.14 bits per heavy atom. The average Bonchev–Trinajstić information content (AvgIpc) is 3.10. The molecule has 2 aliphatic carbocycles. The highest BCUT2D eigenvalue weighted by Gasteiger charge is 2.26. The summed E-state index contributed by atoms with van der Waals surface area (Å²) in [4.78, 5) is 28.0. The Morgan fingerprint density at radius 3 is 2.71 bits per heavy atom. The molecule has 0 bridgehead atoms. The third-order valence-electron chi connectivity index (χ3n) is 5.77. The van der Waals surface area contributed by atoms with Gasteiger partial charge >= 0.3 is 6.03 Å². The van der Waals surface area contributed by atoms with Crippen LogP contribution < -0.4 is 5.32 Å². The van der Waals surface area contributed by atoms with Gasteiger partial charge in [-0.1, -0.05) is 11.6 Å². The molecule has 0 aromatic carbocycles. The van der Waals surface area contributed by atoms with Gasteiger partial charge < -0.3 is 14.7 Å². The lowest BCUT2D eigenvalue weighted by Crippen LogP contribution is -2.39. The first-order valence-corrected chi connectivity index (χ1v) is 10.3. The summed E-state index contributed by atoms with van der Waals surface area (Å²) in [6.07, 6.45) is 7.88. The van der Waals surface area contributed by atoms with Gasteiger partial charge in [-0.3, -0.25) is 0 Å². The number of amides is 2. The lowest BCUT2D eigenvalue weighted by molar-refractivity contribution is 0.195. The summed E-state index contributed by atoms with van der Waals surface area (Å²) in [6, 6.07) is -0.170. The van der Waals surface area contributed by atoms with E-state index in [1.54, 1.807) is 4.90 Å². The van der Waals surface area contributed by atoms with Crippen molar-refractivity contribution in [3.05, 3.63) is 34.5 Å². The van der Waals surface area contributed by atoms with Gasteiger partial charge in [0.15, 0.2) is 5.82 Å². The maximum atomic E-state index is 12.6. The molecule has 1 N–H and O–H groups in total. The third-order valence-corrected chi connectivity index (χ3v) is 5.77. The minimum atomic E-state index is -0.170. The SMILES string of the molecule is CCN(Cc1noc(C2CCC2)n1)C(=O)NCc1nc(C)c2c(n1)CCCC2. The van der Waals surface area contributed by atoms with Gasteiger partial charge in [0.1, 0.15) is 5.82 Å². The molecule has 8 nitrogen and oxygen atoms in total. The average molecular weight is 384 g/mol. The third kappa shape index (κ3) is 4.00. The van der Waals surface area contributed by atoms with Crippen LogP contribution >= 0.6 is 0 Å². The topological polar surface area (TPSA) is 97.0 Å². The second-order valence-corrected chi connectivity index (χ2v) is 7.71. The van der Waals surface area contributed by atoms with E-state index in [1.165, 1.54) is 24.8 Å². The maximum absolute atomic E-state index is 12.6. The number of aromatic nitrogens is 4. The normalized spacial score (nSPS) is 16.4. The number of fused-ring (bicyclic) bond motifs is 1. The molecule has 2 heterocycles. The van der Waals surface area contributed by atoms with Gasteiger partial charge in [0.25, 0.3) is 0 Å². The Morgan fingerprint density at radius 2 is 1.96 bits per heavy atom. The first-order chi connectivity index (χ1) is 13.6. The molecule has 0 aliphatic heterocycles. The molecule has 8 heteroatoms. The van der Waals surface area contributed by atoms with E-state index in [0.29, 0.717) is 43.1 Å². The van der Waals surface area contributed by atoms with Gasteiger partial charge in [-0.25, -0.2) is 14.8 Å². The van der Waals surface area contributed by atoms with E-state index in [-0.39, 0.29) is 6.03 Å². The van der Waals surface area contributed by atoms with Crippen LogP contribution in [-0.2, 0) is 25.9 Å². The van der Waals surface area contributed by atoms with Crippen molar-refractivity contribution in [2.24, 2.45) is 0 Å². The molecule has 2 amide bonds. The molecular formula is C20H28N6O2. The van der Waals surface area contributed by atoms with Crippen molar-refractivity contribution in [3.8, 4) is 0 Å². The minimum absolute atomic E-state index is 0.170. The van der Waals surface area contributed by atoms with Crippen LogP contribution in [0.3, 0.4) is 0 Å². The van der Waals surface area contributed by atoms with Gasteiger partial charge in [-0.2, -0.15) is 4.98 Å². The highest BCUT2D eigenvalue weighted by molar-refractivity contribution is 5.73. The largest absolute Gasteiger partial charge is 0.339 e. The zero-order valence-corrected chi connectivity index (χ0v) is 16.7. The van der Waals surface area contributed by atoms with Crippen molar-refractivity contribution >= 4 is 6.03 Å². The molecule has 4 rings (SSSR count). The molecule has 0 radical (unpaired) electrons. The number of aryl methyl sites for hydroxylation is 2. The molecule has 1 saturated carbocycles. The quantitative estimate of drug-likeness (QED) is 0.822. The summed E-state index contributed by atoms with van der Waals surface area (Å²) in [6.45, 7) is 5.19. The van der Waals surface area contributed by atoms with E-state index in [2.05, 4.69) is 25.4 Å². The number of carbonyl (C=O) groups excluding carboxylic acids is 1. The van der Waals surface area contributed by atoms with Crippen LogP contribution in [0.15, 0.2) is 4.52 Å². The van der Waals surface area contributed by atoms with E-state index in [4.69, 9.17) is 4.52 Å². The summed E-state index contributed by atoms with van der Waals surface area (Å²) in [5.41, 5.74) is 3.47. The van der Waals surface area contributed by atoms with Crippen LogP contribution in [0.2, 0.25) is 0 Å². The molecule has 2 aromatic rings. The summed E-state index contributed by atoms with van der Waals surface area (Å²) in [5.74, 6) is 2.33. The van der Waals surface area contributed by atoms with Crippen molar-refractivity contribution in [3.63, 3.8) is 0 Å². The van der Waals surface area contributed by atoms with E-state index >= 15 is 0 Å². The number of carbonyl (C=O) groups is 1. The first kappa shape index (κ1) is 18.8. The van der Waals surface area contributed by atoms with Gasteiger partial charge in [0, 0.05) is 23.9 Å². The van der Waals surface area contributed by atoms with Crippen molar-refractivity contribution in [2.75, 3.05) is 6.54 Å². The predicted octanol–water partition coefficient (Wildman–Crippen LogP) is 3.05. The molecule has 150 valence electrons. The number of hydrogen-bond donors (Lipinski definition) is 1. The number of urea groups is 1. The molecule has 0 unspecified atom stereocenters. The molecule has 2 aliphatic rings. The molecule has 1 fully saturated rings. The molecular weight excluding hydrogens is 356 g/mol. The highest BCUT2D eigenvalue weighted by Crippen LogP contribution is 2.35. The van der Waals surface area contributed by atoms with Crippen LogP contribution in [-0.4, -0.2) is 37.6 Å². The number of rotatable bonds is 6. The highest BCUT2D eigenvalue weighted by atomic mass is 16.5. The molecule has 2 aromatic heterocycles. The fraction of sp³-hybridized carbons (Fsp3) is 0.650. The van der Waals surface area contributed by atoms with Crippen LogP contribution in [0, 0.1) is 6.92 Å². The standard InChI is InChI=1S/C20H28N6O2/c1-3-26(12-18-24-19(28-25-18)14-7-6-8-14)20(27)21-11-17-22-13(2)15-9-4-5-10-16(15)23-17/h14H,3-12H2,1-2H3,(H,21,27). The van der Waals surface area contributed by atoms with Gasteiger partial charge in [-0.05, 0) is 57.9 Å². The van der Waals surface area contributed by atoms with Gasteiger partial charge in [0.05, 0.1) is 13.1 Å². The van der Waals surface area contributed by atoms with E-state index in [0.717, 1.165) is 37.1 Å². The fourth-order valence-corrected chi connectivity index (χ4v) is 3.84. The Balaban J connectivity index is 1.35. The van der Waals surface area contributed by atoms with E-state index in [9.17, 15) is 4.79 Å². The van der Waals surface area contributed by atoms with Crippen LogP contribution in [0.4, 0.5) is 4.79 Å². The number of hydrogen-bond acceptors (Lipinski definition) is 6. The Hall–Kier alpha value is -2.51. The number of nitrogens with zero attached hydrogens (tertiary/aromatic N) is 5. The van der Waals surface area contributed by atoms with E-state index in [1.807, 2.05) is 13.8 Å². The second-order valence-electron chi connectivity index (χ2n) is 7.71. The zero-order chi connectivity index (χ0) is 19.5. The first-order valence-electron chi connectivity index (χ1n) is 10.3. The molecule has 0 spiro atoms. The van der Waals surface area contributed by atoms with Crippen LogP contribution in [0.1, 0.15) is 79.4 Å². The summed E-state index contributed by atoms with van der Waals surface area (Å²) in [7, 11) is 0. The molecule has 0 atom stereocenters. The van der Waals surface area contributed by atoms with Gasteiger partial charge in [0.2, 0.25) is 5.89 Å². The van der Waals surface area contributed by atoms with E-state index < -0.39 is 0 Å². The van der Waals surface area contributed by atoms with Gasteiger partial charge in [-0.15, -0.1) is 0 Å². The van der Waals surface area contributed by atoms with Crippen LogP contribution in [0.5, 0.6) is 0 Å². The van der Waals surface area contributed by atoms with Crippen molar-refractivity contribution in [1.82, 2.24) is 30.3 Å². The van der Waals surface area contributed by atoms with Crippen molar-refractivity contribution in [2.45, 2.75) is 77.8 Å². The lowest BCUT2D eigenvalue weighted by Gasteiger charge is -2.21. The fourth-order valence-electron chi connectivity index (χ4n) is 3.84. The monoisotopic (exact) mass is 384 g/mol. The molecule has 0 saturated heterocycles. The predicted molar refractivity (Wildman–Crippen MR) is 103 cm³/mol. The summed E-state index contributed by atoms with van der Waals surface area (Å²) < 4.78 is 5.35. The Kier molecular flexibility index (Phi) is 5.54. The second kappa shape index (κ2) is 8.24. The molecule has 28 heavy (non-hydrogen) atoms. The van der Waals surface area contributed by atoms with Crippen molar-refractivity contribution < 1.29 is 9.32 Å². The number of nitrogens with one attached hydrogen (secondary N) is 1. The summed E-state index contributed by atoms with van der Waals surface area (Å²) in [5, 5.41) is 6.97. The summed E-state index contributed by atoms with van der Waals surface area (Å²) >= 11 is 0. The van der Waals surface area contributed by atoms with Crippen molar-refractivity contribution in [1.29, 1.82) is 0 Å². The Bertz CT molecular complexity index is 845. The minimum Gasteiger partial charge on any atom is -0.339 e.